The molecule has 1 aromatic rings. The van der Waals surface area contributed by atoms with E-state index in [1.165, 1.54) is 11.1 Å². The van der Waals surface area contributed by atoms with Gasteiger partial charge in [-0.15, -0.1) is 0 Å². The van der Waals surface area contributed by atoms with Crippen LogP contribution in [-0.4, -0.2) is 43.0 Å². The number of nitrogens with zero attached hydrogens (tertiary/aromatic N) is 1. The van der Waals surface area contributed by atoms with Gasteiger partial charge < -0.3 is 15.0 Å². The van der Waals surface area contributed by atoms with E-state index in [1.807, 2.05) is 17.0 Å². The average Bonchev–Trinajstić information content (AvgIpc) is 3.11. The first-order valence-electron chi connectivity index (χ1n) is 8.90. The summed E-state index contributed by atoms with van der Waals surface area (Å²) in [5.41, 5.74) is 2.11. The highest BCUT2D eigenvalue weighted by Gasteiger charge is 2.44. The molecule has 5 heteroatoms. The smallest absolute Gasteiger partial charge is 0.228 e. The van der Waals surface area contributed by atoms with Crippen molar-refractivity contribution < 1.29 is 14.3 Å². The van der Waals surface area contributed by atoms with Gasteiger partial charge in [0, 0.05) is 26.2 Å². The molecule has 1 aromatic carbocycles. The molecular weight excluding hydrogens is 304 g/mol. The van der Waals surface area contributed by atoms with Gasteiger partial charge in [0.1, 0.15) is 0 Å². The highest BCUT2D eigenvalue weighted by Crippen LogP contribution is 2.38. The summed E-state index contributed by atoms with van der Waals surface area (Å²) in [6, 6.07) is 8.28. The van der Waals surface area contributed by atoms with Gasteiger partial charge in [-0.05, 0) is 36.8 Å². The normalized spacial score (nSPS) is 25.9. The van der Waals surface area contributed by atoms with Crippen molar-refractivity contribution >= 4 is 11.8 Å². The van der Waals surface area contributed by atoms with Crippen LogP contribution >= 0.6 is 0 Å². The molecule has 0 saturated carbocycles. The van der Waals surface area contributed by atoms with Crippen molar-refractivity contribution in [2.75, 3.05) is 26.3 Å². The molecule has 3 aliphatic rings. The Kier molecular flexibility index (Phi) is 4.04. The third-order valence-electron chi connectivity index (χ3n) is 5.88. The monoisotopic (exact) mass is 328 g/mol. The van der Waals surface area contributed by atoms with Crippen LogP contribution in [0.25, 0.3) is 0 Å². The molecule has 2 amide bonds. The number of carbonyl (C=O) groups is 2. The van der Waals surface area contributed by atoms with Crippen molar-refractivity contribution in [2.24, 2.45) is 11.3 Å². The Balaban J connectivity index is 1.48. The molecule has 1 atom stereocenters. The standard InChI is InChI=1S/C19H24N2O3/c22-17(16-5-10-24-13-16)21-8-6-19(7-9-21)11-14-3-1-2-4-15(14)12-20-18(19)23/h1-4,16H,5-13H2,(H,20,23)/t16-/m1/s1. The van der Waals surface area contributed by atoms with E-state index < -0.39 is 0 Å². The molecule has 0 bridgehead atoms. The lowest BCUT2D eigenvalue weighted by atomic mass is 9.73. The van der Waals surface area contributed by atoms with Crippen molar-refractivity contribution in [3.63, 3.8) is 0 Å². The number of hydrogen-bond donors (Lipinski definition) is 1. The quantitative estimate of drug-likeness (QED) is 0.850. The zero-order chi connectivity index (χ0) is 16.6. The number of ether oxygens (including phenoxy) is 1. The van der Waals surface area contributed by atoms with Gasteiger partial charge in [0.05, 0.1) is 17.9 Å². The number of fused-ring (bicyclic) bond motifs is 1. The number of benzene rings is 1. The highest BCUT2D eigenvalue weighted by atomic mass is 16.5. The minimum Gasteiger partial charge on any atom is -0.381 e. The van der Waals surface area contributed by atoms with Crippen LogP contribution in [0, 0.1) is 11.3 Å². The average molecular weight is 328 g/mol. The van der Waals surface area contributed by atoms with Crippen LogP contribution in [0.5, 0.6) is 0 Å². The molecule has 2 fully saturated rings. The van der Waals surface area contributed by atoms with Crippen molar-refractivity contribution in [3.05, 3.63) is 35.4 Å². The molecule has 128 valence electrons. The minimum atomic E-state index is -0.366. The van der Waals surface area contributed by atoms with Crippen LogP contribution in [-0.2, 0) is 27.3 Å². The van der Waals surface area contributed by atoms with Crippen LogP contribution in [0.3, 0.4) is 0 Å². The van der Waals surface area contributed by atoms with Crippen LogP contribution in [0.2, 0.25) is 0 Å². The van der Waals surface area contributed by atoms with Crippen LogP contribution in [0.4, 0.5) is 0 Å². The van der Waals surface area contributed by atoms with Gasteiger partial charge >= 0.3 is 0 Å². The molecule has 3 heterocycles. The molecule has 1 N–H and O–H groups in total. The first kappa shape index (κ1) is 15.6. The first-order chi connectivity index (χ1) is 11.7. The molecule has 1 spiro atoms. The van der Waals surface area contributed by atoms with Crippen molar-refractivity contribution in [1.29, 1.82) is 0 Å². The number of carbonyl (C=O) groups excluding carboxylic acids is 2. The molecule has 0 aliphatic carbocycles. The fourth-order valence-electron chi connectivity index (χ4n) is 4.26. The third-order valence-corrected chi connectivity index (χ3v) is 5.88. The summed E-state index contributed by atoms with van der Waals surface area (Å²) >= 11 is 0. The minimum absolute atomic E-state index is 0.0164. The fraction of sp³-hybridized carbons (Fsp3) is 0.579. The summed E-state index contributed by atoms with van der Waals surface area (Å²) in [7, 11) is 0. The van der Waals surface area contributed by atoms with E-state index in [-0.39, 0.29) is 23.1 Å². The first-order valence-corrected chi connectivity index (χ1v) is 8.90. The van der Waals surface area contributed by atoms with E-state index >= 15 is 0 Å². The SMILES string of the molecule is O=C([C@@H]1CCOC1)N1CCC2(CC1)Cc1ccccc1CNC2=O. The van der Waals surface area contributed by atoms with Gasteiger partial charge in [-0.1, -0.05) is 24.3 Å². The molecule has 24 heavy (non-hydrogen) atoms. The maximum atomic E-state index is 12.8. The molecule has 5 nitrogen and oxygen atoms in total. The van der Waals surface area contributed by atoms with Gasteiger partial charge in [0.2, 0.25) is 11.8 Å². The number of likely N-dealkylation sites (tertiary alicyclic amines) is 1. The van der Waals surface area contributed by atoms with Crippen LogP contribution < -0.4 is 5.32 Å². The summed E-state index contributed by atoms with van der Waals surface area (Å²) in [4.78, 5) is 27.3. The Labute approximate surface area is 142 Å². The Morgan fingerprint density at radius 3 is 2.67 bits per heavy atom. The number of piperidine rings is 1. The van der Waals surface area contributed by atoms with Gasteiger partial charge in [-0.3, -0.25) is 9.59 Å². The molecule has 0 unspecified atom stereocenters. The van der Waals surface area contributed by atoms with E-state index in [0.717, 1.165) is 25.7 Å². The fourth-order valence-corrected chi connectivity index (χ4v) is 4.26. The summed E-state index contributed by atoms with van der Waals surface area (Å²) in [5.74, 6) is 0.370. The highest BCUT2D eigenvalue weighted by molar-refractivity contribution is 5.85. The van der Waals surface area contributed by atoms with E-state index in [4.69, 9.17) is 4.74 Å². The summed E-state index contributed by atoms with van der Waals surface area (Å²) in [6.07, 6.45) is 3.09. The van der Waals surface area contributed by atoms with E-state index in [1.54, 1.807) is 0 Å². The van der Waals surface area contributed by atoms with Gasteiger partial charge in [0.15, 0.2) is 0 Å². The number of amides is 2. The largest absolute Gasteiger partial charge is 0.381 e. The number of hydrogen-bond acceptors (Lipinski definition) is 3. The van der Waals surface area contributed by atoms with Crippen LogP contribution in [0.15, 0.2) is 24.3 Å². The zero-order valence-electron chi connectivity index (χ0n) is 13.9. The maximum absolute atomic E-state index is 12.8. The van der Waals surface area contributed by atoms with Crippen LogP contribution in [0.1, 0.15) is 30.4 Å². The predicted molar refractivity (Wildman–Crippen MR) is 89.2 cm³/mol. The molecule has 3 aliphatic heterocycles. The lowest BCUT2D eigenvalue weighted by Gasteiger charge is -2.40. The van der Waals surface area contributed by atoms with E-state index in [9.17, 15) is 9.59 Å². The second kappa shape index (κ2) is 6.20. The Morgan fingerprint density at radius 2 is 1.96 bits per heavy atom. The second-order valence-corrected chi connectivity index (χ2v) is 7.29. The van der Waals surface area contributed by atoms with E-state index in [0.29, 0.717) is 32.8 Å². The Morgan fingerprint density at radius 1 is 1.21 bits per heavy atom. The topological polar surface area (TPSA) is 58.6 Å². The van der Waals surface area contributed by atoms with Crippen molar-refractivity contribution in [3.8, 4) is 0 Å². The zero-order valence-corrected chi connectivity index (χ0v) is 13.9. The summed E-state index contributed by atoms with van der Waals surface area (Å²) < 4.78 is 5.34. The maximum Gasteiger partial charge on any atom is 0.228 e. The lowest BCUT2D eigenvalue weighted by molar-refractivity contribution is -0.143. The van der Waals surface area contributed by atoms with Gasteiger partial charge in [-0.2, -0.15) is 0 Å². The second-order valence-electron chi connectivity index (χ2n) is 7.29. The number of rotatable bonds is 1. The lowest BCUT2D eigenvalue weighted by Crippen LogP contribution is -2.51. The third kappa shape index (κ3) is 2.71. The Bertz CT molecular complexity index is 644. The summed E-state index contributed by atoms with van der Waals surface area (Å²) in [6.45, 7) is 3.19. The predicted octanol–water partition coefficient (Wildman–Crippen LogP) is 1.50. The van der Waals surface area contributed by atoms with Crippen molar-refractivity contribution in [2.45, 2.75) is 32.2 Å². The Hall–Kier alpha value is -1.88. The van der Waals surface area contributed by atoms with Gasteiger partial charge in [-0.25, -0.2) is 0 Å². The molecule has 0 radical (unpaired) electrons. The number of nitrogens with one attached hydrogen (secondary N) is 1. The molecule has 4 rings (SSSR count). The molecule has 2 saturated heterocycles. The molecule has 0 aromatic heterocycles. The molecular formula is C19H24N2O3. The van der Waals surface area contributed by atoms with Crippen molar-refractivity contribution in [1.82, 2.24) is 10.2 Å². The van der Waals surface area contributed by atoms with E-state index in [2.05, 4.69) is 17.4 Å². The van der Waals surface area contributed by atoms with Gasteiger partial charge in [0.25, 0.3) is 0 Å². The summed E-state index contributed by atoms with van der Waals surface area (Å²) in [5, 5.41) is 3.10.